The third kappa shape index (κ3) is 6.35. The Hall–Kier alpha value is -0.120. The van der Waals surface area contributed by atoms with E-state index in [0.717, 1.165) is 32.7 Å². The van der Waals surface area contributed by atoms with Crippen LogP contribution in [0.4, 0.5) is 0 Å². The summed E-state index contributed by atoms with van der Waals surface area (Å²) < 4.78 is 16.1. The fourth-order valence-corrected chi connectivity index (χ4v) is 1.30. The molecule has 2 atom stereocenters. The van der Waals surface area contributed by atoms with Gasteiger partial charge in [0.25, 0.3) is 0 Å². The van der Waals surface area contributed by atoms with Gasteiger partial charge in [-0.2, -0.15) is 0 Å². The molecule has 0 aliphatic carbocycles. The average molecular weight is 202 g/mol. The van der Waals surface area contributed by atoms with Crippen LogP contribution in [0.5, 0.6) is 0 Å². The van der Waals surface area contributed by atoms with Crippen LogP contribution >= 0.6 is 0 Å². The molecule has 0 N–H and O–H groups in total. The van der Waals surface area contributed by atoms with Crippen LogP contribution in [-0.2, 0) is 14.2 Å². The van der Waals surface area contributed by atoms with Crippen molar-refractivity contribution in [2.75, 3.05) is 26.4 Å². The molecule has 84 valence electrons. The Morgan fingerprint density at radius 1 is 1.36 bits per heavy atom. The Bertz CT molecular complexity index is 134. The van der Waals surface area contributed by atoms with Gasteiger partial charge in [-0.1, -0.05) is 13.3 Å². The second-order valence-corrected chi connectivity index (χ2v) is 3.84. The summed E-state index contributed by atoms with van der Waals surface area (Å²) >= 11 is 0. The maximum absolute atomic E-state index is 5.57. The standard InChI is InChI=1S/C11H22O3/c1-3-4-5-12-6-7-13-10(2)8-11-9-14-11/h10-11H,3-9H2,1-2H3. The molecule has 0 aromatic carbocycles. The molecule has 14 heavy (non-hydrogen) atoms. The lowest BCUT2D eigenvalue weighted by molar-refractivity contribution is 0.00610. The van der Waals surface area contributed by atoms with Crippen molar-refractivity contribution in [2.24, 2.45) is 0 Å². The van der Waals surface area contributed by atoms with Gasteiger partial charge in [0.05, 0.1) is 32.0 Å². The van der Waals surface area contributed by atoms with E-state index in [0.29, 0.717) is 18.8 Å². The molecule has 3 nitrogen and oxygen atoms in total. The molecule has 0 aromatic rings. The lowest BCUT2D eigenvalue weighted by Gasteiger charge is -2.11. The molecule has 3 heteroatoms. The smallest absolute Gasteiger partial charge is 0.0834 e. The van der Waals surface area contributed by atoms with E-state index in [-0.39, 0.29) is 0 Å². The van der Waals surface area contributed by atoms with Crippen molar-refractivity contribution < 1.29 is 14.2 Å². The van der Waals surface area contributed by atoms with Gasteiger partial charge < -0.3 is 14.2 Å². The van der Waals surface area contributed by atoms with Gasteiger partial charge in [-0.05, 0) is 13.3 Å². The lowest BCUT2D eigenvalue weighted by atomic mass is 10.2. The fraction of sp³-hybridized carbons (Fsp3) is 1.00. The van der Waals surface area contributed by atoms with Crippen LogP contribution in [0.25, 0.3) is 0 Å². The second-order valence-electron chi connectivity index (χ2n) is 3.84. The number of hydrogen-bond acceptors (Lipinski definition) is 3. The zero-order valence-electron chi connectivity index (χ0n) is 9.33. The summed E-state index contributed by atoms with van der Waals surface area (Å²) in [4.78, 5) is 0. The molecular weight excluding hydrogens is 180 g/mol. The molecule has 1 fully saturated rings. The molecule has 1 aliphatic heterocycles. The van der Waals surface area contributed by atoms with Gasteiger partial charge in [-0.15, -0.1) is 0 Å². The zero-order valence-corrected chi connectivity index (χ0v) is 9.33. The maximum atomic E-state index is 5.57. The summed E-state index contributed by atoms with van der Waals surface area (Å²) in [5.74, 6) is 0. The van der Waals surface area contributed by atoms with Gasteiger partial charge in [0.2, 0.25) is 0 Å². The molecule has 0 aromatic heterocycles. The van der Waals surface area contributed by atoms with Crippen LogP contribution in [0.2, 0.25) is 0 Å². The van der Waals surface area contributed by atoms with Crippen LogP contribution in [0, 0.1) is 0 Å². The fourth-order valence-electron chi connectivity index (χ4n) is 1.30. The predicted molar refractivity (Wildman–Crippen MR) is 55.5 cm³/mol. The largest absolute Gasteiger partial charge is 0.379 e. The third-order valence-corrected chi connectivity index (χ3v) is 2.27. The van der Waals surface area contributed by atoms with Crippen molar-refractivity contribution in [2.45, 2.75) is 45.3 Å². The monoisotopic (exact) mass is 202 g/mol. The average Bonchev–Trinajstić information content (AvgIpc) is 2.95. The number of hydrogen-bond donors (Lipinski definition) is 0. The number of rotatable bonds is 9. The third-order valence-electron chi connectivity index (χ3n) is 2.27. The summed E-state index contributed by atoms with van der Waals surface area (Å²) in [5.41, 5.74) is 0. The van der Waals surface area contributed by atoms with Crippen LogP contribution < -0.4 is 0 Å². The van der Waals surface area contributed by atoms with E-state index in [2.05, 4.69) is 13.8 Å². The van der Waals surface area contributed by atoms with Crippen LogP contribution in [0.3, 0.4) is 0 Å². The molecule has 0 amide bonds. The highest BCUT2D eigenvalue weighted by atomic mass is 16.6. The van der Waals surface area contributed by atoms with Gasteiger partial charge in [0, 0.05) is 13.0 Å². The summed E-state index contributed by atoms with van der Waals surface area (Å²) in [7, 11) is 0. The summed E-state index contributed by atoms with van der Waals surface area (Å²) in [6.07, 6.45) is 4.12. The van der Waals surface area contributed by atoms with Crippen molar-refractivity contribution in [3.05, 3.63) is 0 Å². The summed E-state index contributed by atoms with van der Waals surface area (Å²) in [6, 6.07) is 0. The van der Waals surface area contributed by atoms with Crippen LogP contribution in [0.1, 0.15) is 33.1 Å². The van der Waals surface area contributed by atoms with Gasteiger partial charge in [0.1, 0.15) is 0 Å². The van der Waals surface area contributed by atoms with E-state index in [4.69, 9.17) is 14.2 Å². The molecule has 0 bridgehead atoms. The van der Waals surface area contributed by atoms with E-state index >= 15 is 0 Å². The van der Waals surface area contributed by atoms with Crippen molar-refractivity contribution in [1.82, 2.24) is 0 Å². The van der Waals surface area contributed by atoms with E-state index in [1.807, 2.05) is 0 Å². The molecule has 0 spiro atoms. The minimum absolute atomic E-state index is 0.303. The molecule has 1 heterocycles. The van der Waals surface area contributed by atoms with Gasteiger partial charge in [0.15, 0.2) is 0 Å². The maximum Gasteiger partial charge on any atom is 0.0834 e. The zero-order chi connectivity index (χ0) is 10.2. The van der Waals surface area contributed by atoms with Crippen molar-refractivity contribution in [1.29, 1.82) is 0 Å². The summed E-state index contributed by atoms with van der Waals surface area (Å²) in [6.45, 7) is 7.46. The minimum atomic E-state index is 0.303. The van der Waals surface area contributed by atoms with Gasteiger partial charge in [-0.3, -0.25) is 0 Å². The molecule has 2 unspecified atom stereocenters. The molecule has 1 saturated heterocycles. The van der Waals surface area contributed by atoms with Crippen molar-refractivity contribution >= 4 is 0 Å². The molecule has 1 aliphatic rings. The SMILES string of the molecule is CCCCOCCOC(C)CC1CO1. The van der Waals surface area contributed by atoms with Crippen molar-refractivity contribution in [3.63, 3.8) is 0 Å². The number of epoxide rings is 1. The first-order chi connectivity index (χ1) is 6.83. The van der Waals surface area contributed by atoms with E-state index in [1.165, 1.54) is 6.42 Å². The quantitative estimate of drug-likeness (QED) is 0.423. The Morgan fingerprint density at radius 2 is 2.14 bits per heavy atom. The van der Waals surface area contributed by atoms with Gasteiger partial charge >= 0.3 is 0 Å². The van der Waals surface area contributed by atoms with E-state index in [1.54, 1.807) is 0 Å². The van der Waals surface area contributed by atoms with Gasteiger partial charge in [-0.25, -0.2) is 0 Å². The second kappa shape index (κ2) is 7.21. The molecule has 1 rings (SSSR count). The first kappa shape index (κ1) is 12.0. The first-order valence-electron chi connectivity index (χ1n) is 5.64. The Morgan fingerprint density at radius 3 is 2.79 bits per heavy atom. The Balaban J connectivity index is 1.77. The number of ether oxygens (including phenoxy) is 3. The van der Waals surface area contributed by atoms with E-state index in [9.17, 15) is 0 Å². The lowest BCUT2D eigenvalue weighted by Crippen LogP contribution is -2.15. The van der Waals surface area contributed by atoms with Crippen molar-refractivity contribution in [3.8, 4) is 0 Å². The predicted octanol–water partition coefficient (Wildman–Crippen LogP) is 2.00. The summed E-state index contributed by atoms with van der Waals surface area (Å²) in [5, 5.41) is 0. The molecule has 0 radical (unpaired) electrons. The highest BCUT2D eigenvalue weighted by Gasteiger charge is 2.24. The van der Waals surface area contributed by atoms with E-state index < -0.39 is 0 Å². The number of unbranched alkanes of at least 4 members (excludes halogenated alkanes) is 1. The minimum Gasteiger partial charge on any atom is -0.379 e. The highest BCUT2D eigenvalue weighted by molar-refractivity contribution is 4.71. The Kier molecular flexibility index (Phi) is 6.15. The highest BCUT2D eigenvalue weighted by Crippen LogP contribution is 2.16. The first-order valence-corrected chi connectivity index (χ1v) is 5.64. The van der Waals surface area contributed by atoms with Crippen LogP contribution in [-0.4, -0.2) is 38.6 Å². The normalized spacial score (nSPS) is 22.3. The molecule has 0 saturated carbocycles. The molecular formula is C11H22O3. The topological polar surface area (TPSA) is 31.0 Å². The van der Waals surface area contributed by atoms with Crippen LogP contribution in [0.15, 0.2) is 0 Å². The Labute approximate surface area is 86.7 Å².